The van der Waals surface area contributed by atoms with Crippen molar-refractivity contribution in [2.24, 2.45) is 0 Å². The molecule has 38 heavy (non-hydrogen) atoms. The number of hydrogen-bond donors (Lipinski definition) is 0. The van der Waals surface area contributed by atoms with E-state index >= 15 is 0 Å². The molecule has 0 N–H and O–H groups in total. The van der Waals surface area contributed by atoms with Gasteiger partial charge < -0.3 is 9.47 Å². The van der Waals surface area contributed by atoms with E-state index in [1.165, 1.54) is 38.6 Å². The van der Waals surface area contributed by atoms with Crippen molar-refractivity contribution in [3.05, 3.63) is 158 Å². The molecule has 7 rings (SSSR count). The number of aromatic nitrogens is 1. The number of para-hydroxylation sites is 4. The average molecular weight is 487 g/mol. The smallest absolute Gasteiger partial charge is 0.0541 e. The van der Waals surface area contributed by atoms with Crippen LogP contribution in [0.1, 0.15) is 0 Å². The van der Waals surface area contributed by atoms with Crippen molar-refractivity contribution >= 4 is 38.9 Å². The van der Waals surface area contributed by atoms with Crippen molar-refractivity contribution in [3.63, 3.8) is 0 Å². The Bertz CT molecular complexity index is 1800. The van der Waals surface area contributed by atoms with Crippen LogP contribution in [-0.2, 0) is 0 Å². The van der Waals surface area contributed by atoms with Crippen LogP contribution in [0.15, 0.2) is 158 Å². The molecule has 0 saturated carbocycles. The molecule has 0 aliphatic rings. The molecular formula is C36H26N2. The number of rotatable bonds is 5. The van der Waals surface area contributed by atoms with Crippen molar-refractivity contribution in [1.29, 1.82) is 0 Å². The average Bonchev–Trinajstić information content (AvgIpc) is 3.33. The van der Waals surface area contributed by atoms with Gasteiger partial charge in [-0.15, -0.1) is 0 Å². The fourth-order valence-electron chi connectivity index (χ4n) is 5.41. The Morgan fingerprint density at radius 1 is 0.368 bits per heavy atom. The topological polar surface area (TPSA) is 8.17 Å². The SMILES string of the molecule is c1ccc(N(c2ccccc2)c2ccc(-c3ccc4c(c3)c3ccccc3n4-c3ccccc3)cc2)cc1. The molecule has 0 saturated heterocycles. The van der Waals surface area contributed by atoms with Crippen LogP contribution < -0.4 is 4.90 Å². The van der Waals surface area contributed by atoms with E-state index in [1.54, 1.807) is 0 Å². The minimum Gasteiger partial charge on any atom is -0.311 e. The maximum Gasteiger partial charge on any atom is 0.0541 e. The Labute approximate surface area is 222 Å². The number of hydrogen-bond acceptors (Lipinski definition) is 1. The third-order valence-corrected chi connectivity index (χ3v) is 7.17. The third kappa shape index (κ3) is 3.84. The lowest BCUT2D eigenvalue weighted by Gasteiger charge is -2.25. The molecule has 1 heterocycles. The zero-order chi connectivity index (χ0) is 25.3. The first-order valence-electron chi connectivity index (χ1n) is 13.0. The highest BCUT2D eigenvalue weighted by molar-refractivity contribution is 6.10. The standard InChI is InChI=1S/C36H26N2/c1-4-12-29(13-5-1)37(30-14-6-2-7-15-30)32-23-20-27(21-24-32)28-22-25-36-34(26-28)33-18-10-11-19-35(33)38(36)31-16-8-3-9-17-31/h1-26H. The van der Waals surface area contributed by atoms with E-state index in [2.05, 4.69) is 167 Å². The maximum absolute atomic E-state index is 2.36. The summed E-state index contributed by atoms with van der Waals surface area (Å²) in [6.07, 6.45) is 0. The van der Waals surface area contributed by atoms with E-state index in [0.29, 0.717) is 0 Å². The molecule has 1 aromatic heterocycles. The lowest BCUT2D eigenvalue weighted by molar-refractivity contribution is 1.18. The van der Waals surface area contributed by atoms with Gasteiger partial charge in [0.2, 0.25) is 0 Å². The molecule has 0 aliphatic heterocycles. The summed E-state index contributed by atoms with van der Waals surface area (Å²) in [6.45, 7) is 0. The zero-order valence-electron chi connectivity index (χ0n) is 20.9. The van der Waals surface area contributed by atoms with Gasteiger partial charge in [0.25, 0.3) is 0 Å². The Hall–Kier alpha value is -5.08. The van der Waals surface area contributed by atoms with Crippen LogP contribution in [0.25, 0.3) is 38.6 Å². The highest BCUT2D eigenvalue weighted by Gasteiger charge is 2.14. The van der Waals surface area contributed by atoms with Gasteiger partial charge in [-0.2, -0.15) is 0 Å². The maximum atomic E-state index is 2.36. The second-order valence-corrected chi connectivity index (χ2v) is 9.47. The quantitative estimate of drug-likeness (QED) is 0.235. The van der Waals surface area contributed by atoms with Crippen molar-refractivity contribution in [1.82, 2.24) is 4.57 Å². The van der Waals surface area contributed by atoms with E-state index in [4.69, 9.17) is 0 Å². The Balaban J connectivity index is 1.32. The van der Waals surface area contributed by atoms with Crippen LogP contribution in [0, 0.1) is 0 Å². The minimum absolute atomic E-state index is 1.13. The second kappa shape index (κ2) is 9.42. The van der Waals surface area contributed by atoms with Crippen molar-refractivity contribution in [3.8, 4) is 16.8 Å². The fraction of sp³-hybridized carbons (Fsp3) is 0. The fourth-order valence-corrected chi connectivity index (χ4v) is 5.41. The van der Waals surface area contributed by atoms with Crippen molar-refractivity contribution in [2.75, 3.05) is 4.90 Å². The predicted octanol–water partition coefficient (Wildman–Crippen LogP) is 9.92. The molecule has 2 heteroatoms. The van der Waals surface area contributed by atoms with Gasteiger partial charge in [-0.25, -0.2) is 0 Å². The number of nitrogens with zero attached hydrogens (tertiary/aromatic N) is 2. The second-order valence-electron chi connectivity index (χ2n) is 9.47. The molecule has 0 amide bonds. The summed E-state index contributed by atoms with van der Waals surface area (Å²) < 4.78 is 2.36. The van der Waals surface area contributed by atoms with Gasteiger partial charge in [-0.1, -0.05) is 91.0 Å². The summed E-state index contributed by atoms with van der Waals surface area (Å²) >= 11 is 0. The molecule has 7 aromatic rings. The van der Waals surface area contributed by atoms with E-state index in [9.17, 15) is 0 Å². The number of anilines is 3. The predicted molar refractivity (Wildman–Crippen MR) is 161 cm³/mol. The molecule has 2 nitrogen and oxygen atoms in total. The van der Waals surface area contributed by atoms with Crippen LogP contribution >= 0.6 is 0 Å². The van der Waals surface area contributed by atoms with Crippen LogP contribution in [0.3, 0.4) is 0 Å². The van der Waals surface area contributed by atoms with E-state index in [-0.39, 0.29) is 0 Å². The molecular weight excluding hydrogens is 460 g/mol. The summed E-state index contributed by atoms with van der Waals surface area (Å²) in [5.74, 6) is 0. The van der Waals surface area contributed by atoms with Gasteiger partial charge in [0, 0.05) is 33.5 Å². The normalized spacial score (nSPS) is 11.2. The molecule has 6 aromatic carbocycles. The lowest BCUT2D eigenvalue weighted by Crippen LogP contribution is -2.09. The first kappa shape index (κ1) is 22.1. The molecule has 0 bridgehead atoms. The zero-order valence-corrected chi connectivity index (χ0v) is 20.9. The van der Waals surface area contributed by atoms with Crippen LogP contribution in [0.4, 0.5) is 17.1 Å². The molecule has 0 radical (unpaired) electrons. The molecule has 180 valence electrons. The third-order valence-electron chi connectivity index (χ3n) is 7.17. The van der Waals surface area contributed by atoms with Crippen LogP contribution in [-0.4, -0.2) is 4.57 Å². The summed E-state index contributed by atoms with van der Waals surface area (Å²) in [5.41, 5.74) is 9.45. The Morgan fingerprint density at radius 3 is 1.53 bits per heavy atom. The molecule has 0 aliphatic carbocycles. The molecule has 0 spiro atoms. The summed E-state index contributed by atoms with van der Waals surface area (Å²) in [5, 5.41) is 2.53. The minimum atomic E-state index is 1.13. The number of benzene rings is 6. The summed E-state index contributed by atoms with van der Waals surface area (Å²) in [7, 11) is 0. The largest absolute Gasteiger partial charge is 0.311 e. The first-order chi connectivity index (χ1) is 18.9. The Kier molecular flexibility index (Phi) is 5.49. The highest BCUT2D eigenvalue weighted by Crippen LogP contribution is 2.37. The van der Waals surface area contributed by atoms with Gasteiger partial charge in [-0.05, 0) is 77.9 Å². The van der Waals surface area contributed by atoms with Crippen molar-refractivity contribution in [2.45, 2.75) is 0 Å². The van der Waals surface area contributed by atoms with E-state index < -0.39 is 0 Å². The molecule has 0 atom stereocenters. The van der Waals surface area contributed by atoms with E-state index in [1.807, 2.05) is 0 Å². The van der Waals surface area contributed by atoms with Gasteiger partial charge in [0.15, 0.2) is 0 Å². The van der Waals surface area contributed by atoms with Crippen molar-refractivity contribution < 1.29 is 0 Å². The van der Waals surface area contributed by atoms with Crippen LogP contribution in [0.2, 0.25) is 0 Å². The van der Waals surface area contributed by atoms with Gasteiger partial charge >= 0.3 is 0 Å². The summed E-state index contributed by atoms with van der Waals surface area (Å²) in [4.78, 5) is 2.29. The lowest BCUT2D eigenvalue weighted by atomic mass is 10.0. The van der Waals surface area contributed by atoms with Gasteiger partial charge in [-0.3, -0.25) is 0 Å². The Morgan fingerprint density at radius 2 is 0.868 bits per heavy atom. The highest BCUT2D eigenvalue weighted by atomic mass is 15.1. The molecule has 0 unspecified atom stereocenters. The van der Waals surface area contributed by atoms with Gasteiger partial charge in [0.1, 0.15) is 0 Å². The summed E-state index contributed by atoms with van der Waals surface area (Å²) in [6, 6.07) is 56.0. The molecule has 0 fully saturated rings. The number of fused-ring (bicyclic) bond motifs is 3. The van der Waals surface area contributed by atoms with Crippen LogP contribution in [0.5, 0.6) is 0 Å². The monoisotopic (exact) mass is 486 g/mol. The van der Waals surface area contributed by atoms with E-state index in [0.717, 1.165) is 17.1 Å². The van der Waals surface area contributed by atoms with Gasteiger partial charge in [0.05, 0.1) is 11.0 Å². The first-order valence-corrected chi connectivity index (χ1v) is 13.0.